The summed E-state index contributed by atoms with van der Waals surface area (Å²) in [5.41, 5.74) is 4.88. The highest BCUT2D eigenvalue weighted by atomic mass is 16.5. The fraction of sp³-hybridized carbons (Fsp3) is 0.217. The SMILES string of the molecule is c1ccc(COc2cccc(-c3ccc(N4CCNCC4)cc3)c2)cc1. The second-order valence-corrected chi connectivity index (χ2v) is 6.59. The van der Waals surface area contributed by atoms with Crippen LogP contribution in [0.1, 0.15) is 5.56 Å². The third kappa shape index (κ3) is 4.06. The van der Waals surface area contributed by atoms with E-state index >= 15 is 0 Å². The molecule has 0 bridgehead atoms. The zero-order chi connectivity index (χ0) is 17.6. The Labute approximate surface area is 155 Å². The molecule has 0 radical (unpaired) electrons. The Balaban J connectivity index is 1.45. The fourth-order valence-corrected chi connectivity index (χ4v) is 3.29. The van der Waals surface area contributed by atoms with Crippen LogP contribution in [-0.2, 0) is 6.61 Å². The molecule has 0 atom stereocenters. The van der Waals surface area contributed by atoms with Crippen LogP contribution in [0.2, 0.25) is 0 Å². The van der Waals surface area contributed by atoms with Crippen molar-refractivity contribution in [2.24, 2.45) is 0 Å². The Kier molecular flexibility index (Phi) is 5.17. The lowest BCUT2D eigenvalue weighted by molar-refractivity contribution is 0.306. The molecule has 0 aliphatic carbocycles. The number of nitrogens with one attached hydrogen (secondary N) is 1. The number of benzene rings is 3. The van der Waals surface area contributed by atoms with Crippen molar-refractivity contribution in [2.75, 3.05) is 31.1 Å². The molecule has 0 aromatic heterocycles. The van der Waals surface area contributed by atoms with Crippen molar-refractivity contribution in [2.45, 2.75) is 6.61 Å². The summed E-state index contributed by atoms with van der Waals surface area (Å²) < 4.78 is 5.96. The van der Waals surface area contributed by atoms with Gasteiger partial charge in [-0.1, -0.05) is 54.6 Å². The van der Waals surface area contributed by atoms with Crippen LogP contribution < -0.4 is 15.0 Å². The Morgan fingerprint density at radius 3 is 2.31 bits per heavy atom. The van der Waals surface area contributed by atoms with Crippen LogP contribution in [0.3, 0.4) is 0 Å². The normalized spacial score (nSPS) is 14.2. The van der Waals surface area contributed by atoms with E-state index in [1.54, 1.807) is 0 Å². The maximum Gasteiger partial charge on any atom is 0.120 e. The molecular weight excluding hydrogens is 320 g/mol. The smallest absolute Gasteiger partial charge is 0.120 e. The summed E-state index contributed by atoms with van der Waals surface area (Å²) in [7, 11) is 0. The van der Waals surface area contributed by atoms with Gasteiger partial charge < -0.3 is 15.0 Å². The van der Waals surface area contributed by atoms with E-state index < -0.39 is 0 Å². The zero-order valence-corrected chi connectivity index (χ0v) is 14.9. The van der Waals surface area contributed by atoms with E-state index in [2.05, 4.69) is 64.8 Å². The van der Waals surface area contributed by atoms with Gasteiger partial charge in [-0.2, -0.15) is 0 Å². The van der Waals surface area contributed by atoms with Gasteiger partial charge in [-0.05, 0) is 41.0 Å². The maximum atomic E-state index is 5.96. The molecule has 1 fully saturated rings. The molecule has 4 rings (SSSR count). The number of piperazine rings is 1. The molecular formula is C23H24N2O. The Morgan fingerprint density at radius 2 is 1.54 bits per heavy atom. The zero-order valence-electron chi connectivity index (χ0n) is 14.9. The molecule has 0 amide bonds. The minimum Gasteiger partial charge on any atom is -0.489 e. The molecule has 1 heterocycles. The van der Waals surface area contributed by atoms with Crippen LogP contribution in [0.5, 0.6) is 5.75 Å². The van der Waals surface area contributed by atoms with Gasteiger partial charge in [-0.15, -0.1) is 0 Å². The highest BCUT2D eigenvalue weighted by Gasteiger charge is 2.10. The van der Waals surface area contributed by atoms with Crippen LogP contribution >= 0.6 is 0 Å². The summed E-state index contributed by atoms with van der Waals surface area (Å²) in [4.78, 5) is 2.43. The van der Waals surface area contributed by atoms with Gasteiger partial charge in [0.05, 0.1) is 0 Å². The second-order valence-electron chi connectivity index (χ2n) is 6.59. The van der Waals surface area contributed by atoms with Crippen LogP contribution in [0.4, 0.5) is 5.69 Å². The molecule has 3 aromatic carbocycles. The molecule has 1 aliphatic rings. The van der Waals surface area contributed by atoms with Crippen LogP contribution in [0.15, 0.2) is 78.9 Å². The number of rotatable bonds is 5. The summed E-state index contributed by atoms with van der Waals surface area (Å²) in [5.74, 6) is 0.900. The van der Waals surface area contributed by atoms with Crippen molar-refractivity contribution in [3.05, 3.63) is 84.4 Å². The van der Waals surface area contributed by atoms with Gasteiger partial charge in [-0.3, -0.25) is 0 Å². The average Bonchev–Trinajstić information content (AvgIpc) is 2.74. The van der Waals surface area contributed by atoms with Gasteiger partial charge in [0.15, 0.2) is 0 Å². The Morgan fingerprint density at radius 1 is 0.769 bits per heavy atom. The van der Waals surface area contributed by atoms with Crippen LogP contribution in [-0.4, -0.2) is 26.2 Å². The number of hydrogen-bond donors (Lipinski definition) is 1. The Bertz CT molecular complexity index is 824. The fourth-order valence-electron chi connectivity index (χ4n) is 3.29. The van der Waals surface area contributed by atoms with Crippen molar-refractivity contribution < 1.29 is 4.74 Å². The molecule has 132 valence electrons. The average molecular weight is 344 g/mol. The summed E-state index contributed by atoms with van der Waals surface area (Å²) in [6.45, 7) is 4.85. The van der Waals surface area contributed by atoms with Crippen molar-refractivity contribution in [1.82, 2.24) is 5.32 Å². The molecule has 0 spiro atoms. The summed E-state index contributed by atoms with van der Waals surface area (Å²) >= 11 is 0. The minimum absolute atomic E-state index is 0.590. The maximum absolute atomic E-state index is 5.96. The third-order valence-electron chi connectivity index (χ3n) is 4.77. The first kappa shape index (κ1) is 16.7. The first-order valence-electron chi connectivity index (χ1n) is 9.21. The molecule has 0 unspecified atom stereocenters. The lowest BCUT2D eigenvalue weighted by atomic mass is 10.0. The summed E-state index contributed by atoms with van der Waals surface area (Å²) in [5, 5.41) is 3.40. The lowest BCUT2D eigenvalue weighted by Gasteiger charge is -2.29. The van der Waals surface area contributed by atoms with Crippen molar-refractivity contribution in [1.29, 1.82) is 0 Å². The molecule has 1 saturated heterocycles. The van der Waals surface area contributed by atoms with Crippen LogP contribution in [0.25, 0.3) is 11.1 Å². The first-order chi connectivity index (χ1) is 12.9. The molecule has 3 nitrogen and oxygen atoms in total. The number of anilines is 1. The van der Waals surface area contributed by atoms with E-state index in [1.165, 1.54) is 22.4 Å². The predicted molar refractivity (Wildman–Crippen MR) is 108 cm³/mol. The van der Waals surface area contributed by atoms with Gasteiger partial charge in [0.1, 0.15) is 12.4 Å². The molecule has 3 aromatic rings. The van der Waals surface area contributed by atoms with Gasteiger partial charge in [0.25, 0.3) is 0 Å². The van der Waals surface area contributed by atoms with E-state index in [4.69, 9.17) is 4.74 Å². The standard InChI is InChI=1S/C23H24N2O/c1-2-5-19(6-3-1)18-26-23-8-4-7-21(17-23)20-9-11-22(12-10-20)25-15-13-24-14-16-25/h1-12,17,24H,13-16,18H2. The van der Waals surface area contributed by atoms with Gasteiger partial charge in [0, 0.05) is 31.9 Å². The van der Waals surface area contributed by atoms with Gasteiger partial charge in [-0.25, -0.2) is 0 Å². The van der Waals surface area contributed by atoms with E-state index in [0.29, 0.717) is 6.61 Å². The van der Waals surface area contributed by atoms with Gasteiger partial charge >= 0.3 is 0 Å². The summed E-state index contributed by atoms with van der Waals surface area (Å²) in [6, 6.07) is 27.4. The molecule has 1 aliphatic heterocycles. The molecule has 26 heavy (non-hydrogen) atoms. The van der Waals surface area contributed by atoms with Crippen molar-refractivity contribution in [3.8, 4) is 16.9 Å². The first-order valence-corrected chi connectivity index (χ1v) is 9.21. The van der Waals surface area contributed by atoms with E-state index in [1.807, 2.05) is 24.3 Å². The highest BCUT2D eigenvalue weighted by Crippen LogP contribution is 2.26. The van der Waals surface area contributed by atoms with Crippen molar-refractivity contribution in [3.63, 3.8) is 0 Å². The van der Waals surface area contributed by atoms with Crippen LogP contribution in [0, 0.1) is 0 Å². The molecule has 0 saturated carbocycles. The largest absolute Gasteiger partial charge is 0.489 e. The lowest BCUT2D eigenvalue weighted by Crippen LogP contribution is -2.43. The number of hydrogen-bond acceptors (Lipinski definition) is 3. The number of nitrogens with zero attached hydrogens (tertiary/aromatic N) is 1. The van der Waals surface area contributed by atoms with E-state index in [-0.39, 0.29) is 0 Å². The topological polar surface area (TPSA) is 24.5 Å². The summed E-state index contributed by atoms with van der Waals surface area (Å²) in [6.07, 6.45) is 0. The van der Waals surface area contributed by atoms with E-state index in [0.717, 1.165) is 31.9 Å². The predicted octanol–water partition coefficient (Wildman–Crippen LogP) is 4.34. The molecule has 3 heteroatoms. The third-order valence-corrected chi connectivity index (χ3v) is 4.77. The second kappa shape index (κ2) is 8.07. The number of ether oxygens (including phenoxy) is 1. The molecule has 1 N–H and O–H groups in total. The monoisotopic (exact) mass is 344 g/mol. The van der Waals surface area contributed by atoms with Crippen molar-refractivity contribution >= 4 is 5.69 Å². The van der Waals surface area contributed by atoms with Gasteiger partial charge in [0.2, 0.25) is 0 Å². The van der Waals surface area contributed by atoms with E-state index in [9.17, 15) is 0 Å². The quantitative estimate of drug-likeness (QED) is 0.745. The Hall–Kier alpha value is -2.78. The highest BCUT2D eigenvalue weighted by molar-refractivity contribution is 5.67. The minimum atomic E-state index is 0.590.